The molecule has 2 aromatic carbocycles. The Morgan fingerprint density at radius 2 is 1.71 bits per heavy atom. The molecule has 0 heterocycles. The second-order valence-corrected chi connectivity index (χ2v) is 8.90. The van der Waals surface area contributed by atoms with Gasteiger partial charge in [0.2, 0.25) is 10.0 Å². The van der Waals surface area contributed by atoms with Crippen LogP contribution in [0.2, 0.25) is 0 Å². The van der Waals surface area contributed by atoms with E-state index >= 15 is 0 Å². The first-order valence-electron chi connectivity index (χ1n) is 9.45. The van der Waals surface area contributed by atoms with Gasteiger partial charge in [0, 0.05) is 11.7 Å². The van der Waals surface area contributed by atoms with Crippen molar-refractivity contribution in [3.63, 3.8) is 0 Å². The topological polar surface area (TPSA) is 131 Å². The minimum atomic E-state index is -3.79. The molecule has 2 rings (SSSR count). The summed E-state index contributed by atoms with van der Waals surface area (Å²) in [6.45, 7) is 6.46. The number of imide groups is 1. The molecule has 0 atom stereocenters. The number of urea groups is 1. The number of nitrogens with one attached hydrogen (secondary N) is 3. The van der Waals surface area contributed by atoms with Crippen molar-refractivity contribution in [1.29, 1.82) is 0 Å². The summed E-state index contributed by atoms with van der Waals surface area (Å²) >= 11 is 0. The smallest absolute Gasteiger partial charge is 0.338 e. The molecule has 9 nitrogen and oxygen atoms in total. The van der Waals surface area contributed by atoms with Crippen LogP contribution in [-0.2, 0) is 19.6 Å². The van der Waals surface area contributed by atoms with Gasteiger partial charge in [-0.1, -0.05) is 12.1 Å². The maximum absolute atomic E-state index is 12.2. The minimum Gasteiger partial charge on any atom is -0.452 e. The van der Waals surface area contributed by atoms with Gasteiger partial charge in [-0.3, -0.25) is 10.1 Å². The van der Waals surface area contributed by atoms with Crippen LogP contribution in [0.1, 0.15) is 35.3 Å². The van der Waals surface area contributed by atoms with Gasteiger partial charge in [0.25, 0.3) is 5.91 Å². The molecule has 0 spiro atoms. The van der Waals surface area contributed by atoms with Gasteiger partial charge in [-0.2, -0.15) is 0 Å². The molecular weight excluding hydrogens is 422 g/mol. The van der Waals surface area contributed by atoms with Crippen molar-refractivity contribution in [2.75, 3.05) is 11.9 Å². The van der Waals surface area contributed by atoms with E-state index in [0.717, 1.165) is 17.2 Å². The van der Waals surface area contributed by atoms with E-state index in [9.17, 15) is 22.8 Å². The highest BCUT2D eigenvalue weighted by atomic mass is 32.2. The summed E-state index contributed by atoms with van der Waals surface area (Å²) in [5.74, 6) is -1.73. The zero-order chi connectivity index (χ0) is 23.2. The summed E-state index contributed by atoms with van der Waals surface area (Å²) < 4.78 is 31.7. The van der Waals surface area contributed by atoms with Gasteiger partial charge in [0.1, 0.15) is 0 Å². The molecule has 0 saturated carbocycles. The van der Waals surface area contributed by atoms with Crippen molar-refractivity contribution < 1.29 is 27.5 Å². The van der Waals surface area contributed by atoms with Crippen LogP contribution in [0.25, 0.3) is 0 Å². The summed E-state index contributed by atoms with van der Waals surface area (Å²) in [6, 6.07) is 9.44. The third-order valence-corrected chi connectivity index (χ3v) is 5.78. The molecular formula is C21H25N3O6S. The van der Waals surface area contributed by atoms with E-state index < -0.39 is 34.5 Å². The van der Waals surface area contributed by atoms with Crippen LogP contribution in [0, 0.1) is 13.8 Å². The summed E-state index contributed by atoms with van der Waals surface area (Å²) in [7, 11) is -3.79. The average Bonchev–Trinajstić information content (AvgIpc) is 2.68. The SMILES string of the molecule is Cc1ccc(NC(=O)NC(=O)COC(=O)c2cccc(S(=O)(=O)NC(C)C)c2)cc1C. The third kappa shape index (κ3) is 7.19. The lowest BCUT2D eigenvalue weighted by Crippen LogP contribution is -2.37. The highest BCUT2D eigenvalue weighted by Gasteiger charge is 2.18. The summed E-state index contributed by atoms with van der Waals surface area (Å²) in [4.78, 5) is 35.9. The Kier molecular flexibility index (Phi) is 7.89. The highest BCUT2D eigenvalue weighted by molar-refractivity contribution is 7.89. The number of sulfonamides is 1. The van der Waals surface area contributed by atoms with Crippen LogP contribution in [0.4, 0.5) is 10.5 Å². The predicted molar refractivity (Wildman–Crippen MR) is 115 cm³/mol. The molecule has 0 aromatic heterocycles. The lowest BCUT2D eigenvalue weighted by atomic mass is 10.1. The molecule has 0 saturated heterocycles. The van der Waals surface area contributed by atoms with E-state index in [-0.39, 0.29) is 16.5 Å². The monoisotopic (exact) mass is 447 g/mol. The first kappa shape index (κ1) is 24.0. The summed E-state index contributed by atoms with van der Waals surface area (Å²) in [5, 5.41) is 4.57. The zero-order valence-corrected chi connectivity index (χ0v) is 18.5. The number of aryl methyl sites for hydroxylation is 2. The van der Waals surface area contributed by atoms with Crippen LogP contribution >= 0.6 is 0 Å². The number of hydrogen-bond acceptors (Lipinski definition) is 6. The molecule has 3 amide bonds. The second kappa shape index (κ2) is 10.2. The van der Waals surface area contributed by atoms with Gasteiger partial charge in [-0.25, -0.2) is 22.7 Å². The predicted octanol–water partition coefficient (Wildman–Crippen LogP) is 2.50. The molecule has 166 valence electrons. The van der Waals surface area contributed by atoms with Gasteiger partial charge in [0.15, 0.2) is 6.61 Å². The van der Waals surface area contributed by atoms with E-state index in [1.54, 1.807) is 26.0 Å². The molecule has 2 aromatic rings. The molecule has 0 fully saturated rings. The molecule has 0 aliphatic heterocycles. The number of ether oxygens (including phenoxy) is 1. The van der Waals surface area contributed by atoms with Gasteiger partial charge >= 0.3 is 12.0 Å². The lowest BCUT2D eigenvalue weighted by molar-refractivity contribution is -0.123. The van der Waals surface area contributed by atoms with Crippen molar-refractivity contribution in [3.05, 3.63) is 59.2 Å². The van der Waals surface area contributed by atoms with E-state index in [0.29, 0.717) is 5.69 Å². The second-order valence-electron chi connectivity index (χ2n) is 7.18. The van der Waals surface area contributed by atoms with Crippen LogP contribution in [0.15, 0.2) is 47.4 Å². The number of benzene rings is 2. The Morgan fingerprint density at radius 3 is 2.35 bits per heavy atom. The van der Waals surface area contributed by atoms with Gasteiger partial charge in [0.05, 0.1) is 10.5 Å². The maximum Gasteiger partial charge on any atom is 0.338 e. The van der Waals surface area contributed by atoms with Crippen molar-refractivity contribution in [2.24, 2.45) is 0 Å². The molecule has 3 N–H and O–H groups in total. The number of rotatable bonds is 7. The van der Waals surface area contributed by atoms with Crippen molar-refractivity contribution in [2.45, 2.75) is 38.6 Å². The van der Waals surface area contributed by atoms with Crippen LogP contribution < -0.4 is 15.4 Å². The number of carbonyl (C=O) groups excluding carboxylic acids is 3. The minimum absolute atomic E-state index is 0.0426. The Labute approximate surface area is 181 Å². The maximum atomic E-state index is 12.2. The number of esters is 1. The molecule has 10 heteroatoms. The molecule has 0 bridgehead atoms. The fourth-order valence-electron chi connectivity index (χ4n) is 2.53. The Bertz CT molecular complexity index is 1100. The average molecular weight is 448 g/mol. The largest absolute Gasteiger partial charge is 0.452 e. The van der Waals surface area contributed by atoms with Gasteiger partial charge < -0.3 is 10.1 Å². The highest BCUT2D eigenvalue weighted by Crippen LogP contribution is 2.14. The molecule has 0 aliphatic carbocycles. The van der Waals surface area contributed by atoms with Crippen molar-refractivity contribution in [3.8, 4) is 0 Å². The molecule has 0 unspecified atom stereocenters. The summed E-state index contributed by atoms with van der Waals surface area (Å²) in [6.07, 6.45) is 0. The van der Waals surface area contributed by atoms with Crippen LogP contribution in [0.3, 0.4) is 0 Å². The fourth-order valence-corrected chi connectivity index (χ4v) is 3.82. The summed E-state index contributed by atoms with van der Waals surface area (Å²) in [5.41, 5.74) is 2.51. The lowest BCUT2D eigenvalue weighted by Gasteiger charge is -2.11. The Hall–Kier alpha value is -3.24. The van der Waals surface area contributed by atoms with Crippen LogP contribution in [-0.4, -0.2) is 39.0 Å². The first-order chi connectivity index (χ1) is 14.5. The molecule has 31 heavy (non-hydrogen) atoms. The molecule has 0 radical (unpaired) electrons. The number of carbonyl (C=O) groups is 3. The number of amides is 3. The van der Waals surface area contributed by atoms with Crippen molar-refractivity contribution in [1.82, 2.24) is 10.0 Å². The fraction of sp³-hybridized carbons (Fsp3) is 0.286. The van der Waals surface area contributed by atoms with Crippen LogP contribution in [0.5, 0.6) is 0 Å². The van der Waals surface area contributed by atoms with Crippen molar-refractivity contribution >= 4 is 33.6 Å². The Morgan fingerprint density at radius 1 is 1.00 bits per heavy atom. The zero-order valence-electron chi connectivity index (χ0n) is 17.7. The van der Waals surface area contributed by atoms with E-state index in [4.69, 9.17) is 4.74 Å². The number of anilines is 1. The van der Waals surface area contributed by atoms with Gasteiger partial charge in [-0.15, -0.1) is 0 Å². The first-order valence-corrected chi connectivity index (χ1v) is 10.9. The number of hydrogen-bond donors (Lipinski definition) is 3. The normalized spacial score (nSPS) is 11.1. The quantitative estimate of drug-likeness (QED) is 0.559. The third-order valence-electron chi connectivity index (χ3n) is 4.12. The van der Waals surface area contributed by atoms with E-state index in [1.807, 2.05) is 19.9 Å². The standard InChI is InChI=1S/C21H25N3O6S/c1-13(2)24-31(28,29)18-7-5-6-16(11-18)20(26)30-12-19(25)23-21(27)22-17-9-8-14(3)15(4)10-17/h5-11,13,24H,12H2,1-4H3,(H2,22,23,25,27). The Balaban J connectivity index is 1.92. The van der Waals surface area contributed by atoms with Gasteiger partial charge in [-0.05, 0) is 69.2 Å². The van der Waals surface area contributed by atoms with E-state index in [2.05, 4.69) is 15.4 Å². The van der Waals surface area contributed by atoms with E-state index in [1.165, 1.54) is 18.2 Å². The molecule has 0 aliphatic rings.